The van der Waals surface area contributed by atoms with Crippen LogP contribution in [0.1, 0.15) is 25.3 Å². The first-order chi connectivity index (χ1) is 14.6. The van der Waals surface area contributed by atoms with Crippen LogP contribution in [-0.2, 0) is 17.8 Å². The molecule has 1 aliphatic rings. The first-order valence-corrected chi connectivity index (χ1v) is 11.2. The Morgan fingerprint density at radius 1 is 1.17 bits per heavy atom. The van der Waals surface area contributed by atoms with Crippen molar-refractivity contribution in [2.45, 2.75) is 43.9 Å². The average Bonchev–Trinajstić information content (AvgIpc) is 3.53. The van der Waals surface area contributed by atoms with Crippen LogP contribution >= 0.6 is 11.8 Å². The Morgan fingerprint density at radius 3 is 2.63 bits per heavy atom. The fraction of sp³-hybridized carbons (Fsp3) is 0.348. The monoisotopic (exact) mass is 424 g/mol. The normalized spacial score (nSPS) is 14.5. The zero-order valence-corrected chi connectivity index (χ0v) is 17.7. The highest BCUT2D eigenvalue weighted by Gasteiger charge is 2.29. The predicted molar refractivity (Wildman–Crippen MR) is 117 cm³/mol. The molecule has 0 bridgehead atoms. The number of nitrogens with zero attached hydrogens (tertiary/aromatic N) is 3. The summed E-state index contributed by atoms with van der Waals surface area (Å²) in [6.07, 6.45) is 3.14. The van der Waals surface area contributed by atoms with Crippen molar-refractivity contribution in [3.05, 3.63) is 66.0 Å². The summed E-state index contributed by atoms with van der Waals surface area (Å²) in [5, 5.41) is 12.2. The molecule has 7 heteroatoms. The van der Waals surface area contributed by atoms with Gasteiger partial charge in [0.2, 0.25) is 5.91 Å². The Morgan fingerprint density at radius 2 is 1.90 bits per heavy atom. The van der Waals surface area contributed by atoms with E-state index in [1.165, 1.54) is 36.2 Å². The van der Waals surface area contributed by atoms with Crippen molar-refractivity contribution in [1.29, 1.82) is 0 Å². The van der Waals surface area contributed by atoms with E-state index in [0.29, 0.717) is 29.0 Å². The number of aromatic nitrogens is 3. The molecule has 1 aliphatic carbocycles. The number of nitrogens with one attached hydrogen (secondary N) is 1. The molecule has 30 heavy (non-hydrogen) atoms. The molecule has 0 saturated heterocycles. The van der Waals surface area contributed by atoms with Gasteiger partial charge in [0.05, 0.1) is 11.3 Å². The van der Waals surface area contributed by atoms with Gasteiger partial charge in [-0.05, 0) is 49.8 Å². The molecule has 156 valence electrons. The summed E-state index contributed by atoms with van der Waals surface area (Å²) in [7, 11) is 0. The maximum atomic E-state index is 14.4. The van der Waals surface area contributed by atoms with Gasteiger partial charge in [0.1, 0.15) is 5.82 Å². The number of rotatable bonds is 9. The van der Waals surface area contributed by atoms with Gasteiger partial charge in [0.15, 0.2) is 11.0 Å². The van der Waals surface area contributed by atoms with Gasteiger partial charge in [-0.1, -0.05) is 54.2 Å². The van der Waals surface area contributed by atoms with E-state index in [0.717, 1.165) is 6.42 Å². The second kappa shape index (κ2) is 9.43. The molecule has 1 fully saturated rings. The maximum absolute atomic E-state index is 14.4. The van der Waals surface area contributed by atoms with Crippen molar-refractivity contribution in [3.63, 3.8) is 0 Å². The molecule has 0 unspecified atom stereocenters. The summed E-state index contributed by atoms with van der Waals surface area (Å²) in [5.41, 5.74) is 1.59. The Bertz CT molecular complexity index is 1000. The number of halogens is 1. The largest absolute Gasteiger partial charge is 0.353 e. The van der Waals surface area contributed by atoms with E-state index in [1.54, 1.807) is 18.2 Å². The van der Waals surface area contributed by atoms with E-state index in [9.17, 15) is 9.18 Å². The van der Waals surface area contributed by atoms with Crippen molar-refractivity contribution in [2.24, 2.45) is 5.92 Å². The summed E-state index contributed by atoms with van der Waals surface area (Å²) in [6.45, 7) is 2.65. The van der Waals surface area contributed by atoms with Gasteiger partial charge in [0.25, 0.3) is 0 Å². The Kier molecular flexibility index (Phi) is 6.47. The lowest BCUT2D eigenvalue weighted by atomic mass is 10.1. The number of hydrogen-bond donors (Lipinski definition) is 1. The molecule has 0 spiro atoms. The van der Waals surface area contributed by atoms with E-state index in [-0.39, 0.29) is 23.5 Å². The van der Waals surface area contributed by atoms with Crippen LogP contribution < -0.4 is 5.32 Å². The van der Waals surface area contributed by atoms with Gasteiger partial charge in [-0.15, -0.1) is 10.2 Å². The molecule has 1 heterocycles. The third-order valence-corrected chi connectivity index (χ3v) is 6.32. The zero-order chi connectivity index (χ0) is 20.9. The molecule has 3 aromatic rings. The third-order valence-electron chi connectivity index (χ3n) is 5.35. The van der Waals surface area contributed by atoms with Crippen molar-refractivity contribution in [2.75, 3.05) is 5.75 Å². The molecule has 4 rings (SSSR count). The topological polar surface area (TPSA) is 59.8 Å². The smallest absolute Gasteiger partial charge is 0.230 e. The number of aryl methyl sites for hydroxylation is 1. The van der Waals surface area contributed by atoms with Gasteiger partial charge < -0.3 is 9.88 Å². The molecular weight excluding hydrogens is 399 g/mol. The quantitative estimate of drug-likeness (QED) is 0.520. The highest BCUT2D eigenvalue weighted by molar-refractivity contribution is 7.99. The van der Waals surface area contributed by atoms with Gasteiger partial charge in [-0.3, -0.25) is 4.79 Å². The van der Waals surface area contributed by atoms with Crippen molar-refractivity contribution < 1.29 is 9.18 Å². The van der Waals surface area contributed by atoms with E-state index in [4.69, 9.17) is 0 Å². The highest BCUT2D eigenvalue weighted by atomic mass is 32.2. The number of hydrogen-bond acceptors (Lipinski definition) is 4. The molecule has 1 aromatic heterocycles. The van der Waals surface area contributed by atoms with Crippen LogP contribution in [-0.4, -0.2) is 32.5 Å². The Hall–Kier alpha value is -2.67. The minimum atomic E-state index is -0.335. The number of carbonyl (C=O) groups excluding carboxylic acids is 1. The highest BCUT2D eigenvalue weighted by Crippen LogP contribution is 2.32. The summed E-state index contributed by atoms with van der Waals surface area (Å²) in [5.74, 6) is 1.01. The summed E-state index contributed by atoms with van der Waals surface area (Å²) < 4.78 is 16.3. The number of thioether (sulfide) groups is 1. The van der Waals surface area contributed by atoms with E-state index in [1.807, 2.05) is 22.8 Å². The minimum Gasteiger partial charge on any atom is -0.353 e. The maximum Gasteiger partial charge on any atom is 0.230 e. The molecular formula is C23H25FN4OS. The van der Waals surface area contributed by atoms with Gasteiger partial charge in [0, 0.05) is 12.6 Å². The molecule has 0 aliphatic heterocycles. The second-order valence-corrected chi connectivity index (χ2v) is 8.60. The van der Waals surface area contributed by atoms with Crippen LogP contribution in [0, 0.1) is 11.7 Å². The first kappa shape index (κ1) is 20.6. The summed E-state index contributed by atoms with van der Waals surface area (Å²) in [4.78, 5) is 12.3. The van der Waals surface area contributed by atoms with Crippen LogP contribution in [0.25, 0.3) is 11.4 Å². The van der Waals surface area contributed by atoms with E-state index >= 15 is 0 Å². The second-order valence-electron chi connectivity index (χ2n) is 7.66. The van der Waals surface area contributed by atoms with E-state index < -0.39 is 0 Å². The van der Waals surface area contributed by atoms with Crippen molar-refractivity contribution in [3.8, 4) is 11.4 Å². The van der Waals surface area contributed by atoms with Crippen LogP contribution in [0.5, 0.6) is 0 Å². The number of amides is 1. The first-order valence-electron chi connectivity index (χ1n) is 10.3. The van der Waals surface area contributed by atoms with Crippen LogP contribution in [0.4, 0.5) is 4.39 Å². The average molecular weight is 425 g/mol. The Balaban J connectivity index is 1.51. The zero-order valence-electron chi connectivity index (χ0n) is 16.9. The fourth-order valence-corrected chi connectivity index (χ4v) is 4.24. The molecule has 1 atom stereocenters. The number of carbonyl (C=O) groups is 1. The van der Waals surface area contributed by atoms with E-state index in [2.05, 4.69) is 34.6 Å². The lowest BCUT2D eigenvalue weighted by Crippen LogP contribution is -2.35. The summed E-state index contributed by atoms with van der Waals surface area (Å²) in [6, 6.07) is 16.9. The third kappa shape index (κ3) is 5.08. The van der Waals surface area contributed by atoms with Crippen LogP contribution in [0.3, 0.4) is 0 Å². The van der Waals surface area contributed by atoms with Crippen LogP contribution in [0.2, 0.25) is 0 Å². The van der Waals surface area contributed by atoms with Gasteiger partial charge in [-0.2, -0.15) is 0 Å². The molecule has 1 saturated carbocycles. The van der Waals surface area contributed by atoms with Crippen molar-refractivity contribution in [1.82, 2.24) is 20.1 Å². The molecule has 2 aromatic carbocycles. The minimum absolute atomic E-state index is 0.00977. The molecule has 1 N–H and O–H groups in total. The van der Waals surface area contributed by atoms with Gasteiger partial charge >= 0.3 is 0 Å². The van der Waals surface area contributed by atoms with Crippen LogP contribution in [0.15, 0.2) is 59.8 Å². The standard InChI is InChI=1S/C23H25FN4OS/c1-16(18-11-12-18)25-21(29)15-30-23-27-26-22(19-9-5-6-10-20(19)24)28(23)14-13-17-7-3-2-4-8-17/h2-10,16,18H,11-15H2,1H3,(H,25,29)/t16-/m1/s1. The van der Waals surface area contributed by atoms with Gasteiger partial charge in [-0.25, -0.2) is 4.39 Å². The lowest BCUT2D eigenvalue weighted by molar-refractivity contribution is -0.119. The van der Waals surface area contributed by atoms with Crippen molar-refractivity contribution >= 4 is 17.7 Å². The lowest BCUT2D eigenvalue weighted by Gasteiger charge is -2.13. The molecule has 0 radical (unpaired) electrons. The Labute approximate surface area is 180 Å². The SMILES string of the molecule is C[C@@H](NC(=O)CSc1nnc(-c2ccccc2F)n1CCc1ccccc1)C1CC1. The fourth-order valence-electron chi connectivity index (χ4n) is 3.46. The predicted octanol–water partition coefficient (Wildman–Crippen LogP) is 4.33. The summed E-state index contributed by atoms with van der Waals surface area (Å²) >= 11 is 1.34. The number of benzene rings is 2. The molecule has 5 nitrogen and oxygen atoms in total. The molecule has 1 amide bonds.